The maximum Gasteiger partial charge on any atom is 0.254 e. The van der Waals surface area contributed by atoms with Crippen LogP contribution in [-0.2, 0) is 24.3 Å². The molecule has 2 aromatic rings. The lowest BCUT2D eigenvalue weighted by atomic mass is 10.1. The SMILES string of the molecule is COc1ccc(CN2CCC[C@H]2c2nc3c(c(=O)[nH]2)CCN(C(C)=O)C3)cc1OC. The molecule has 0 bridgehead atoms. The Hall–Kier alpha value is -2.87. The highest BCUT2D eigenvalue weighted by molar-refractivity contribution is 5.73. The standard InChI is InChI=1S/C22H28N4O4/c1-14(27)25-10-8-16-17(13-25)23-21(24-22(16)28)18-5-4-9-26(18)12-15-6-7-19(29-2)20(11-15)30-3/h6-7,11,18H,4-5,8-10,12-13H2,1-3H3,(H,23,24,28)/t18-/m0/s1. The first-order valence-electron chi connectivity index (χ1n) is 10.3. The molecule has 8 heteroatoms. The van der Waals surface area contributed by atoms with Crippen molar-refractivity contribution in [1.29, 1.82) is 0 Å². The van der Waals surface area contributed by atoms with Crippen LogP contribution in [0, 0.1) is 0 Å². The summed E-state index contributed by atoms with van der Waals surface area (Å²) in [5.41, 5.74) is 2.48. The van der Waals surface area contributed by atoms with Crippen molar-refractivity contribution in [3.05, 3.63) is 51.2 Å². The number of carbonyl (C=O) groups is 1. The minimum Gasteiger partial charge on any atom is -0.493 e. The predicted molar refractivity (Wildman–Crippen MR) is 112 cm³/mol. The molecule has 0 radical (unpaired) electrons. The van der Waals surface area contributed by atoms with Gasteiger partial charge in [0.25, 0.3) is 5.56 Å². The molecular formula is C22H28N4O4. The van der Waals surface area contributed by atoms with E-state index in [-0.39, 0.29) is 17.5 Å². The van der Waals surface area contributed by atoms with E-state index in [0.717, 1.165) is 37.2 Å². The highest BCUT2D eigenvalue weighted by atomic mass is 16.5. The number of rotatable bonds is 5. The second kappa shape index (κ2) is 8.47. The van der Waals surface area contributed by atoms with Gasteiger partial charge < -0.3 is 19.4 Å². The number of nitrogens with zero attached hydrogens (tertiary/aromatic N) is 3. The van der Waals surface area contributed by atoms with Crippen LogP contribution in [0.15, 0.2) is 23.0 Å². The van der Waals surface area contributed by atoms with E-state index in [2.05, 4.69) is 9.88 Å². The number of carbonyl (C=O) groups excluding carboxylic acids is 1. The molecule has 1 aromatic heterocycles. The summed E-state index contributed by atoms with van der Waals surface area (Å²) >= 11 is 0. The van der Waals surface area contributed by atoms with Gasteiger partial charge in [0.15, 0.2) is 11.5 Å². The van der Waals surface area contributed by atoms with Crippen molar-refractivity contribution in [3.63, 3.8) is 0 Å². The fraction of sp³-hybridized carbons (Fsp3) is 0.500. The summed E-state index contributed by atoms with van der Waals surface area (Å²) < 4.78 is 10.8. The first-order valence-corrected chi connectivity index (χ1v) is 10.3. The Balaban J connectivity index is 1.58. The number of benzene rings is 1. The average molecular weight is 412 g/mol. The van der Waals surface area contributed by atoms with Gasteiger partial charge >= 0.3 is 0 Å². The number of hydrogen-bond acceptors (Lipinski definition) is 6. The Morgan fingerprint density at radius 2 is 2.03 bits per heavy atom. The molecule has 4 rings (SSSR count). The fourth-order valence-electron chi connectivity index (χ4n) is 4.42. The van der Waals surface area contributed by atoms with Gasteiger partial charge in [0.1, 0.15) is 5.82 Å². The molecular weight excluding hydrogens is 384 g/mol. The molecule has 1 amide bonds. The first kappa shape index (κ1) is 20.4. The summed E-state index contributed by atoms with van der Waals surface area (Å²) in [6.45, 7) is 4.19. The maximum atomic E-state index is 12.7. The fourth-order valence-corrected chi connectivity index (χ4v) is 4.42. The lowest BCUT2D eigenvalue weighted by Gasteiger charge is -2.28. The number of ether oxygens (including phenoxy) is 2. The number of aromatic nitrogens is 2. The molecule has 1 fully saturated rings. The second-order valence-electron chi connectivity index (χ2n) is 7.88. The molecule has 1 saturated heterocycles. The average Bonchev–Trinajstić information content (AvgIpc) is 3.21. The van der Waals surface area contributed by atoms with Gasteiger partial charge in [0, 0.05) is 25.6 Å². The van der Waals surface area contributed by atoms with Gasteiger partial charge in [0.2, 0.25) is 5.91 Å². The quantitative estimate of drug-likeness (QED) is 0.809. The number of aromatic amines is 1. The van der Waals surface area contributed by atoms with Gasteiger partial charge in [-0.1, -0.05) is 6.07 Å². The van der Waals surface area contributed by atoms with E-state index in [1.54, 1.807) is 26.0 Å². The van der Waals surface area contributed by atoms with E-state index >= 15 is 0 Å². The van der Waals surface area contributed by atoms with Gasteiger partial charge in [0.05, 0.1) is 32.5 Å². The summed E-state index contributed by atoms with van der Waals surface area (Å²) in [6.07, 6.45) is 2.53. The van der Waals surface area contributed by atoms with Crippen molar-refractivity contribution >= 4 is 5.91 Å². The van der Waals surface area contributed by atoms with Crippen LogP contribution in [0.25, 0.3) is 0 Å². The van der Waals surface area contributed by atoms with Crippen LogP contribution in [-0.4, -0.2) is 53.0 Å². The lowest BCUT2D eigenvalue weighted by Crippen LogP contribution is -2.39. The Morgan fingerprint density at radius 1 is 1.23 bits per heavy atom. The molecule has 30 heavy (non-hydrogen) atoms. The zero-order valence-corrected chi connectivity index (χ0v) is 17.7. The first-order chi connectivity index (χ1) is 14.5. The molecule has 1 N–H and O–H groups in total. The van der Waals surface area contributed by atoms with Crippen LogP contribution in [0.2, 0.25) is 0 Å². The number of H-pyrrole nitrogens is 1. The number of methoxy groups -OCH3 is 2. The van der Waals surface area contributed by atoms with E-state index < -0.39 is 0 Å². The van der Waals surface area contributed by atoms with Crippen molar-refractivity contribution in [2.75, 3.05) is 27.3 Å². The monoisotopic (exact) mass is 412 g/mol. The number of nitrogens with one attached hydrogen (secondary N) is 1. The van der Waals surface area contributed by atoms with E-state index in [9.17, 15) is 9.59 Å². The molecule has 2 aliphatic rings. The Labute approximate surface area is 175 Å². The van der Waals surface area contributed by atoms with Crippen molar-refractivity contribution in [3.8, 4) is 11.5 Å². The third-order valence-electron chi connectivity index (χ3n) is 6.05. The summed E-state index contributed by atoms with van der Waals surface area (Å²) in [5, 5.41) is 0. The molecule has 0 aliphatic carbocycles. The molecule has 3 heterocycles. The topological polar surface area (TPSA) is 87.8 Å². The van der Waals surface area contributed by atoms with E-state index in [0.29, 0.717) is 42.4 Å². The minimum atomic E-state index is -0.0730. The van der Waals surface area contributed by atoms with Gasteiger partial charge in [-0.2, -0.15) is 0 Å². The molecule has 2 aliphatic heterocycles. The number of hydrogen-bond donors (Lipinski definition) is 1. The maximum absolute atomic E-state index is 12.7. The molecule has 0 spiro atoms. The highest BCUT2D eigenvalue weighted by Gasteiger charge is 2.30. The third kappa shape index (κ3) is 3.92. The zero-order chi connectivity index (χ0) is 21.3. The summed E-state index contributed by atoms with van der Waals surface area (Å²) in [4.78, 5) is 36.4. The van der Waals surface area contributed by atoms with E-state index in [4.69, 9.17) is 14.5 Å². The van der Waals surface area contributed by atoms with Crippen LogP contribution < -0.4 is 15.0 Å². The summed E-state index contributed by atoms with van der Waals surface area (Å²) in [7, 11) is 3.26. The molecule has 1 aromatic carbocycles. The minimum absolute atomic E-state index is 0.0141. The predicted octanol–water partition coefficient (Wildman–Crippen LogP) is 2.03. The zero-order valence-electron chi connectivity index (χ0n) is 17.7. The summed E-state index contributed by atoms with van der Waals surface area (Å²) in [5.74, 6) is 2.12. The Morgan fingerprint density at radius 3 is 2.77 bits per heavy atom. The second-order valence-corrected chi connectivity index (χ2v) is 7.88. The lowest BCUT2D eigenvalue weighted by molar-refractivity contribution is -0.129. The van der Waals surface area contributed by atoms with Crippen LogP contribution in [0.1, 0.15) is 48.5 Å². The Bertz CT molecular complexity index is 1000. The van der Waals surface area contributed by atoms with Gasteiger partial charge in [-0.05, 0) is 43.5 Å². The molecule has 1 atom stereocenters. The van der Waals surface area contributed by atoms with Crippen molar-refractivity contribution in [1.82, 2.24) is 19.8 Å². The molecule has 0 saturated carbocycles. The van der Waals surface area contributed by atoms with Gasteiger partial charge in [-0.15, -0.1) is 0 Å². The highest BCUT2D eigenvalue weighted by Crippen LogP contribution is 2.33. The van der Waals surface area contributed by atoms with E-state index in [1.165, 1.54) is 0 Å². The van der Waals surface area contributed by atoms with Gasteiger partial charge in [-0.3, -0.25) is 14.5 Å². The normalized spacial score (nSPS) is 18.9. The van der Waals surface area contributed by atoms with Crippen molar-refractivity contribution < 1.29 is 14.3 Å². The number of likely N-dealkylation sites (tertiary alicyclic amines) is 1. The molecule has 8 nitrogen and oxygen atoms in total. The van der Waals surface area contributed by atoms with Gasteiger partial charge in [-0.25, -0.2) is 4.98 Å². The van der Waals surface area contributed by atoms with E-state index in [1.807, 2.05) is 18.2 Å². The third-order valence-corrected chi connectivity index (χ3v) is 6.05. The molecule has 160 valence electrons. The number of fused-ring (bicyclic) bond motifs is 1. The van der Waals surface area contributed by atoms with Crippen molar-refractivity contribution in [2.24, 2.45) is 0 Å². The van der Waals surface area contributed by atoms with Crippen LogP contribution >= 0.6 is 0 Å². The molecule has 0 unspecified atom stereocenters. The smallest absolute Gasteiger partial charge is 0.254 e. The Kier molecular flexibility index (Phi) is 5.76. The van der Waals surface area contributed by atoms with Crippen LogP contribution in [0.5, 0.6) is 11.5 Å². The summed E-state index contributed by atoms with van der Waals surface area (Å²) in [6, 6.07) is 5.98. The largest absolute Gasteiger partial charge is 0.493 e. The number of amides is 1. The van der Waals surface area contributed by atoms with Crippen molar-refractivity contribution in [2.45, 2.75) is 45.3 Å². The van der Waals surface area contributed by atoms with Crippen LogP contribution in [0.4, 0.5) is 0 Å². The van der Waals surface area contributed by atoms with Crippen LogP contribution in [0.3, 0.4) is 0 Å².